The van der Waals surface area contributed by atoms with Crippen molar-refractivity contribution in [3.8, 4) is 5.75 Å². The summed E-state index contributed by atoms with van der Waals surface area (Å²) in [6.07, 6.45) is 5.94. The van der Waals surface area contributed by atoms with Crippen molar-refractivity contribution >= 4 is 34.5 Å². The maximum absolute atomic E-state index is 15.3. The summed E-state index contributed by atoms with van der Waals surface area (Å²) in [4.78, 5) is 53.2. The third kappa shape index (κ3) is 5.20. The molecule has 3 fully saturated rings. The first-order valence-corrected chi connectivity index (χ1v) is 21.2. The second kappa shape index (κ2) is 13.8. The number of H-pyrrole nitrogens is 1. The van der Waals surface area contributed by atoms with Gasteiger partial charge in [-0.1, -0.05) is 44.2 Å². The van der Waals surface area contributed by atoms with Gasteiger partial charge in [0, 0.05) is 90.9 Å². The molecule has 1 aliphatic carbocycles. The molecule has 1 unspecified atom stereocenters. The average molecular weight is 811 g/mol. The lowest BCUT2D eigenvalue weighted by molar-refractivity contribution is -0.228. The predicted molar refractivity (Wildman–Crippen MR) is 220 cm³/mol. The predicted octanol–water partition coefficient (Wildman–Crippen LogP) is 3.99. The molecule has 6 heterocycles. The quantitative estimate of drug-likeness (QED) is 0.180. The first-order chi connectivity index (χ1) is 28.2. The zero-order chi connectivity index (χ0) is 41.9. The molecular weight excluding hydrogens is 753 g/mol. The summed E-state index contributed by atoms with van der Waals surface area (Å²) in [5.74, 6) is -1.56. The van der Waals surface area contributed by atoms with Crippen LogP contribution in [-0.2, 0) is 45.8 Å². The number of esters is 3. The minimum Gasteiger partial charge on any atom is -0.496 e. The number of rotatable bonds is 7. The van der Waals surface area contributed by atoms with Crippen LogP contribution in [0.1, 0.15) is 75.3 Å². The van der Waals surface area contributed by atoms with Gasteiger partial charge in [-0.2, -0.15) is 0 Å². The van der Waals surface area contributed by atoms with Gasteiger partial charge in [0.2, 0.25) is 5.60 Å². The van der Waals surface area contributed by atoms with Gasteiger partial charge in [0.25, 0.3) is 0 Å². The highest BCUT2D eigenvalue weighted by atomic mass is 16.6. The lowest BCUT2D eigenvalue weighted by Crippen LogP contribution is -2.81. The van der Waals surface area contributed by atoms with Crippen LogP contribution >= 0.6 is 0 Å². The van der Waals surface area contributed by atoms with E-state index in [0.29, 0.717) is 82.6 Å². The molecule has 1 saturated carbocycles. The van der Waals surface area contributed by atoms with Crippen molar-refractivity contribution in [3.05, 3.63) is 70.9 Å². The normalized spacial score (nSPS) is 37.0. The Labute approximate surface area is 345 Å². The monoisotopic (exact) mass is 810 g/mol. The van der Waals surface area contributed by atoms with Crippen molar-refractivity contribution in [2.24, 2.45) is 11.3 Å². The lowest BCUT2D eigenvalue weighted by atomic mass is 9.47. The SMILES string of the molecule is CC[C@]1(O)C[C@@H]2CN(CCc3c([nH]c4ccccc34)[C@](C(=O)OC)(c3cc4c(cc3OC)N(C)[C@H]3[C@@](O)(C(=O)OC)[C@H](OC(C)=O)[C@]5(CC)C=CCN6CC[C@]43[C@@H]65)C2)C1. The summed E-state index contributed by atoms with van der Waals surface area (Å²) in [6.45, 7) is 8.62. The summed E-state index contributed by atoms with van der Waals surface area (Å²) < 4.78 is 23.9. The van der Waals surface area contributed by atoms with Crippen molar-refractivity contribution < 1.29 is 43.5 Å². The van der Waals surface area contributed by atoms with Crippen LogP contribution in [-0.4, -0.2) is 133 Å². The molecule has 5 aliphatic heterocycles. The minimum absolute atomic E-state index is 0.0986. The Hall–Kier alpha value is -4.43. The molecular formula is C46H58N4O9. The smallest absolute Gasteiger partial charge is 0.344 e. The maximum Gasteiger partial charge on any atom is 0.344 e. The molecule has 59 heavy (non-hydrogen) atoms. The summed E-state index contributed by atoms with van der Waals surface area (Å²) in [5.41, 5.74) is -1.62. The number of piperidine rings is 1. The highest BCUT2D eigenvalue weighted by Gasteiger charge is 2.80. The second-order valence-corrected chi connectivity index (χ2v) is 18.2. The van der Waals surface area contributed by atoms with Gasteiger partial charge in [0.1, 0.15) is 11.2 Å². The van der Waals surface area contributed by atoms with Gasteiger partial charge in [-0.05, 0) is 74.2 Å². The average Bonchev–Trinajstić information content (AvgIpc) is 3.90. The number of aromatic amines is 1. The summed E-state index contributed by atoms with van der Waals surface area (Å²) in [7, 11) is 6.15. The summed E-state index contributed by atoms with van der Waals surface area (Å²) >= 11 is 0. The van der Waals surface area contributed by atoms with Crippen LogP contribution in [0.25, 0.3) is 10.9 Å². The van der Waals surface area contributed by atoms with E-state index in [-0.39, 0.29) is 12.0 Å². The van der Waals surface area contributed by atoms with E-state index in [2.05, 4.69) is 39.1 Å². The van der Waals surface area contributed by atoms with Gasteiger partial charge in [-0.15, -0.1) is 0 Å². The number of nitrogens with one attached hydrogen (secondary N) is 1. The number of anilines is 1. The van der Waals surface area contributed by atoms with Gasteiger partial charge < -0.3 is 39.0 Å². The van der Waals surface area contributed by atoms with Gasteiger partial charge in [-0.25, -0.2) is 4.79 Å². The fourth-order valence-corrected chi connectivity index (χ4v) is 13.5. The number of aliphatic hydroxyl groups is 2. The van der Waals surface area contributed by atoms with Crippen LogP contribution in [0.5, 0.6) is 5.75 Å². The molecule has 316 valence electrons. The first kappa shape index (κ1) is 40.0. The molecule has 9 rings (SSSR count). The Morgan fingerprint density at radius 2 is 1.71 bits per heavy atom. The van der Waals surface area contributed by atoms with Crippen molar-refractivity contribution in [1.82, 2.24) is 14.8 Å². The third-order valence-electron chi connectivity index (χ3n) is 15.6. The highest BCUT2D eigenvalue weighted by molar-refractivity contribution is 5.95. The summed E-state index contributed by atoms with van der Waals surface area (Å²) in [6, 6.07) is 11.0. The van der Waals surface area contributed by atoms with Crippen molar-refractivity contribution in [3.63, 3.8) is 0 Å². The standard InChI is InChI=1S/C46H58N4O9/c1-8-42(54)23-28-24-45(40(52)57-6,36-30(15-19-49(25-28)26-42)29-13-10-11-14-33(29)47-36)32-21-31-34(22-35(32)56-5)48(4)38-44(31)17-20-50-18-12-16-43(9-2,37(44)50)39(59-27(3)51)46(38,55)41(53)58-7/h10-14,16,21-22,28,37-39,47,54-55H,8-9,15,17-20,23-26H2,1-7H3/t28-,37-,38+,39+,42-,43+,44+,45+,46-/m0/s1. The molecule has 13 heteroatoms. The highest BCUT2D eigenvalue weighted by Crippen LogP contribution is 2.68. The molecule has 2 saturated heterocycles. The largest absolute Gasteiger partial charge is 0.496 e. The number of hydrogen-bond donors (Lipinski definition) is 3. The topological polar surface area (TPSA) is 154 Å². The Bertz CT molecular complexity index is 2260. The number of benzene rings is 2. The van der Waals surface area contributed by atoms with E-state index in [1.807, 2.05) is 50.1 Å². The number of methoxy groups -OCH3 is 3. The summed E-state index contributed by atoms with van der Waals surface area (Å²) in [5, 5.41) is 26.3. The first-order valence-electron chi connectivity index (χ1n) is 21.2. The number of carbonyl (C=O) groups is 3. The van der Waals surface area contributed by atoms with Crippen molar-refractivity contribution in [1.29, 1.82) is 0 Å². The van der Waals surface area contributed by atoms with E-state index in [1.54, 1.807) is 7.11 Å². The van der Waals surface area contributed by atoms with Gasteiger partial charge in [0.15, 0.2) is 6.10 Å². The van der Waals surface area contributed by atoms with Crippen LogP contribution in [0.4, 0.5) is 5.69 Å². The maximum atomic E-state index is 15.3. The number of para-hydroxylation sites is 1. The van der Waals surface area contributed by atoms with Gasteiger partial charge >= 0.3 is 17.9 Å². The Morgan fingerprint density at radius 3 is 2.41 bits per heavy atom. The fraction of sp³-hybridized carbons (Fsp3) is 0.587. The van der Waals surface area contributed by atoms with Crippen molar-refractivity contribution in [2.75, 3.05) is 66.0 Å². The number of fused-ring (bicyclic) bond motifs is 6. The van der Waals surface area contributed by atoms with Crippen LogP contribution in [0.3, 0.4) is 0 Å². The molecule has 2 bridgehead atoms. The minimum atomic E-state index is -2.30. The van der Waals surface area contributed by atoms with E-state index in [1.165, 1.54) is 21.1 Å². The number of hydrogen-bond acceptors (Lipinski definition) is 12. The third-order valence-corrected chi connectivity index (χ3v) is 15.6. The van der Waals surface area contributed by atoms with Gasteiger partial charge in [-0.3, -0.25) is 19.4 Å². The zero-order valence-corrected chi connectivity index (χ0v) is 35.3. The number of carbonyl (C=O) groups excluding carboxylic acids is 3. The van der Waals surface area contributed by atoms with E-state index < -0.39 is 57.5 Å². The van der Waals surface area contributed by atoms with Gasteiger partial charge in [0.05, 0.1) is 33.0 Å². The van der Waals surface area contributed by atoms with Crippen molar-refractivity contribution in [2.45, 2.75) is 99.5 Å². The number of ether oxygens (including phenoxy) is 4. The molecule has 1 aromatic heterocycles. The molecule has 0 radical (unpaired) electrons. The lowest BCUT2D eigenvalue weighted by Gasteiger charge is -2.63. The second-order valence-electron chi connectivity index (χ2n) is 18.2. The van der Waals surface area contributed by atoms with E-state index in [0.717, 1.165) is 33.4 Å². The molecule has 3 aromatic rings. The van der Waals surface area contributed by atoms with Crippen LogP contribution in [0.15, 0.2) is 48.6 Å². The Balaban J connectivity index is 1.36. The van der Waals surface area contributed by atoms with Crippen LogP contribution < -0.4 is 9.64 Å². The number of nitrogens with zero attached hydrogens (tertiary/aromatic N) is 3. The van der Waals surface area contributed by atoms with Crippen LogP contribution in [0.2, 0.25) is 0 Å². The molecule has 0 amide bonds. The Morgan fingerprint density at radius 1 is 0.949 bits per heavy atom. The van der Waals surface area contributed by atoms with E-state index in [9.17, 15) is 19.8 Å². The molecule has 13 nitrogen and oxygen atoms in total. The van der Waals surface area contributed by atoms with Crippen LogP contribution in [0, 0.1) is 11.3 Å². The molecule has 10 atom stereocenters. The van der Waals surface area contributed by atoms with E-state index >= 15 is 4.79 Å². The fourth-order valence-electron chi connectivity index (χ4n) is 13.5. The van der Waals surface area contributed by atoms with E-state index in [4.69, 9.17) is 18.9 Å². The zero-order valence-electron chi connectivity index (χ0n) is 35.3. The Kier molecular flexibility index (Phi) is 9.36. The number of likely N-dealkylation sites (N-methyl/N-ethyl adjacent to an activating group) is 1. The molecule has 6 aliphatic rings. The number of aromatic nitrogens is 1. The molecule has 1 spiro atoms. The molecule has 2 aromatic carbocycles. The molecule has 3 N–H and O–H groups in total.